The lowest BCUT2D eigenvalue weighted by Gasteiger charge is -2.37. The van der Waals surface area contributed by atoms with Gasteiger partial charge in [0.1, 0.15) is 0 Å². The first-order valence-corrected chi connectivity index (χ1v) is 16.3. The van der Waals surface area contributed by atoms with Crippen molar-refractivity contribution in [3.63, 3.8) is 0 Å². The van der Waals surface area contributed by atoms with Crippen molar-refractivity contribution in [1.29, 1.82) is 0 Å². The number of hydrogen-bond donors (Lipinski definition) is 1. The summed E-state index contributed by atoms with van der Waals surface area (Å²) in [7, 11) is 0. The molecule has 5 atom stereocenters. The molecule has 36 heavy (non-hydrogen) atoms. The normalized spacial score (nSPS) is 21.0. The van der Waals surface area contributed by atoms with Gasteiger partial charge in [-0.05, 0) is 80.2 Å². The minimum Gasteiger partial charge on any atom is -0.393 e. The molecule has 0 aromatic heterocycles. The highest BCUT2D eigenvalue weighted by Crippen LogP contribution is 2.39. The largest absolute Gasteiger partial charge is 0.393 e. The second-order valence-corrected chi connectivity index (χ2v) is 11.1. The summed E-state index contributed by atoms with van der Waals surface area (Å²) in [4.78, 5) is 0. The molecule has 0 spiro atoms. The van der Waals surface area contributed by atoms with Gasteiger partial charge in [0, 0.05) is 0 Å². The van der Waals surface area contributed by atoms with Gasteiger partial charge in [-0.3, -0.25) is 0 Å². The first-order valence-electron chi connectivity index (χ1n) is 16.3. The predicted molar refractivity (Wildman–Crippen MR) is 164 cm³/mol. The zero-order valence-corrected chi connectivity index (χ0v) is 26.2. The quantitative estimate of drug-likeness (QED) is 0.236. The van der Waals surface area contributed by atoms with Crippen molar-refractivity contribution in [3.05, 3.63) is 34.9 Å². The number of aliphatic hydroxyl groups excluding tert-OH is 1. The van der Waals surface area contributed by atoms with E-state index in [0.29, 0.717) is 5.92 Å². The molecule has 0 heterocycles. The molecule has 2 unspecified atom stereocenters. The molecular weight excluding hydrogens is 436 g/mol. The highest BCUT2D eigenvalue weighted by molar-refractivity contribution is 5.34. The molecule has 1 saturated carbocycles. The molecule has 1 aromatic rings. The van der Waals surface area contributed by atoms with Crippen LogP contribution in [0.3, 0.4) is 0 Å². The fourth-order valence-corrected chi connectivity index (χ4v) is 6.42. The van der Waals surface area contributed by atoms with Crippen LogP contribution >= 0.6 is 0 Å². The van der Waals surface area contributed by atoms with Crippen LogP contribution in [-0.4, -0.2) is 11.2 Å². The summed E-state index contributed by atoms with van der Waals surface area (Å²) in [5.41, 5.74) is 4.61. The fourth-order valence-electron chi connectivity index (χ4n) is 6.42. The molecule has 1 N–H and O–H groups in total. The molecule has 0 bridgehead atoms. The van der Waals surface area contributed by atoms with Crippen LogP contribution < -0.4 is 0 Å². The Kier molecular flexibility index (Phi) is 21.7. The second-order valence-electron chi connectivity index (χ2n) is 11.1. The van der Waals surface area contributed by atoms with Gasteiger partial charge in [0.05, 0.1) is 6.10 Å². The Labute approximate surface area is 228 Å². The van der Waals surface area contributed by atoms with Gasteiger partial charge in [-0.25, -0.2) is 0 Å². The average molecular weight is 503 g/mol. The molecular formula is C35H66O. The molecule has 1 heteroatoms. The number of hydrogen-bond acceptors (Lipinski definition) is 1. The Morgan fingerprint density at radius 3 is 2.11 bits per heavy atom. The standard InChI is InChI=1S/C31H54O.2C2H6/c1-6-14-27-22-24(4)18-20-29(27)26(8-3)16-12-10-9-11-13-17-31(32)30-21-19-25(5)23-28(30)15-7-2;2*1-2/h18,20,22,25-26,28,30-32H,6-17,19,21,23H2,1-5H3;2*1-2H3/t25-,26-,28?,30?,31+;;/m0../s1. The van der Waals surface area contributed by atoms with Gasteiger partial charge in [-0.15, -0.1) is 0 Å². The van der Waals surface area contributed by atoms with Crippen LogP contribution in [0.1, 0.15) is 168 Å². The topological polar surface area (TPSA) is 20.2 Å². The Morgan fingerprint density at radius 1 is 0.861 bits per heavy atom. The molecule has 1 aromatic carbocycles. The fraction of sp³-hybridized carbons (Fsp3) is 0.829. The van der Waals surface area contributed by atoms with Crippen LogP contribution in [0.25, 0.3) is 0 Å². The van der Waals surface area contributed by atoms with Gasteiger partial charge in [-0.2, -0.15) is 0 Å². The summed E-state index contributed by atoms with van der Waals surface area (Å²) in [6.07, 6.45) is 19.0. The first-order chi connectivity index (χ1) is 17.5. The number of rotatable bonds is 15. The van der Waals surface area contributed by atoms with Crippen LogP contribution in [0.4, 0.5) is 0 Å². The Balaban J connectivity index is 0.00000291. The molecule has 0 saturated heterocycles. The lowest BCUT2D eigenvalue weighted by molar-refractivity contribution is 0.0250. The van der Waals surface area contributed by atoms with Gasteiger partial charge in [0.15, 0.2) is 0 Å². The van der Waals surface area contributed by atoms with E-state index in [-0.39, 0.29) is 6.10 Å². The number of aliphatic hydroxyl groups is 1. The lowest BCUT2D eigenvalue weighted by Crippen LogP contribution is -2.33. The molecule has 212 valence electrons. The third kappa shape index (κ3) is 13.1. The van der Waals surface area contributed by atoms with E-state index < -0.39 is 0 Å². The van der Waals surface area contributed by atoms with Crippen molar-refractivity contribution in [1.82, 2.24) is 0 Å². The van der Waals surface area contributed by atoms with Crippen molar-refractivity contribution in [2.24, 2.45) is 17.8 Å². The minimum absolute atomic E-state index is 0.0537. The van der Waals surface area contributed by atoms with E-state index in [1.54, 1.807) is 11.1 Å². The molecule has 0 aliphatic heterocycles. The smallest absolute Gasteiger partial charge is 0.0571 e. The molecule has 1 aliphatic rings. The number of unbranched alkanes of at least 4 members (excludes halogenated alkanes) is 4. The lowest BCUT2D eigenvalue weighted by atomic mass is 9.70. The van der Waals surface area contributed by atoms with E-state index in [4.69, 9.17) is 0 Å². The van der Waals surface area contributed by atoms with Crippen LogP contribution in [0.2, 0.25) is 0 Å². The summed E-state index contributed by atoms with van der Waals surface area (Å²) in [5.74, 6) is 2.93. The second kappa shape index (κ2) is 22.2. The molecule has 0 amide bonds. The molecule has 0 radical (unpaired) electrons. The van der Waals surface area contributed by atoms with E-state index >= 15 is 0 Å². The Bertz CT molecular complexity index is 621. The van der Waals surface area contributed by atoms with Crippen LogP contribution in [-0.2, 0) is 6.42 Å². The average Bonchev–Trinajstić information content (AvgIpc) is 2.89. The maximum absolute atomic E-state index is 10.9. The van der Waals surface area contributed by atoms with Crippen LogP contribution in [0.15, 0.2) is 18.2 Å². The van der Waals surface area contributed by atoms with Gasteiger partial charge < -0.3 is 5.11 Å². The minimum atomic E-state index is -0.0537. The third-order valence-electron chi connectivity index (χ3n) is 8.26. The van der Waals surface area contributed by atoms with Crippen molar-refractivity contribution in [2.75, 3.05) is 0 Å². The van der Waals surface area contributed by atoms with E-state index in [1.165, 1.54) is 95.5 Å². The molecule has 1 aliphatic carbocycles. The summed E-state index contributed by atoms with van der Waals surface area (Å²) < 4.78 is 0. The molecule has 1 fully saturated rings. The summed E-state index contributed by atoms with van der Waals surface area (Å²) in [6.45, 7) is 19.6. The summed E-state index contributed by atoms with van der Waals surface area (Å²) in [5, 5.41) is 10.9. The van der Waals surface area contributed by atoms with E-state index in [0.717, 1.165) is 24.2 Å². The van der Waals surface area contributed by atoms with Gasteiger partial charge in [-0.1, -0.05) is 137 Å². The van der Waals surface area contributed by atoms with Crippen LogP contribution in [0.5, 0.6) is 0 Å². The number of benzene rings is 1. The zero-order valence-electron chi connectivity index (χ0n) is 26.2. The highest BCUT2D eigenvalue weighted by Gasteiger charge is 2.32. The monoisotopic (exact) mass is 503 g/mol. The Hall–Kier alpha value is -0.820. The number of aryl methyl sites for hydroxylation is 2. The predicted octanol–water partition coefficient (Wildman–Crippen LogP) is 11.4. The first kappa shape index (κ1) is 35.2. The van der Waals surface area contributed by atoms with Crippen molar-refractivity contribution >= 4 is 0 Å². The van der Waals surface area contributed by atoms with Crippen molar-refractivity contribution in [3.8, 4) is 0 Å². The zero-order chi connectivity index (χ0) is 27.3. The summed E-state index contributed by atoms with van der Waals surface area (Å²) >= 11 is 0. The van der Waals surface area contributed by atoms with Crippen molar-refractivity contribution in [2.45, 2.75) is 171 Å². The highest BCUT2D eigenvalue weighted by atomic mass is 16.3. The van der Waals surface area contributed by atoms with Gasteiger partial charge in [0.25, 0.3) is 0 Å². The maximum atomic E-state index is 10.9. The third-order valence-corrected chi connectivity index (χ3v) is 8.26. The van der Waals surface area contributed by atoms with E-state index in [1.807, 2.05) is 27.7 Å². The van der Waals surface area contributed by atoms with Crippen molar-refractivity contribution < 1.29 is 5.11 Å². The van der Waals surface area contributed by atoms with E-state index in [9.17, 15) is 5.11 Å². The Morgan fingerprint density at radius 2 is 1.50 bits per heavy atom. The van der Waals surface area contributed by atoms with Gasteiger partial charge in [0.2, 0.25) is 0 Å². The molecule has 2 rings (SSSR count). The van der Waals surface area contributed by atoms with Crippen LogP contribution in [0, 0.1) is 24.7 Å². The maximum Gasteiger partial charge on any atom is 0.0571 e. The summed E-state index contributed by atoms with van der Waals surface area (Å²) in [6, 6.07) is 7.14. The van der Waals surface area contributed by atoms with E-state index in [2.05, 4.69) is 52.8 Å². The SMILES string of the molecule is CC.CC.CCCc1cc(C)ccc1[C@@H](CC)CCCCCCC[C@@H](O)C1CC[C@H](C)CC1CCC. The van der Waals surface area contributed by atoms with Gasteiger partial charge >= 0.3 is 0 Å². The molecule has 1 nitrogen and oxygen atoms in total.